The summed E-state index contributed by atoms with van der Waals surface area (Å²) in [5, 5.41) is 0. The molecule has 94 valence electrons. The van der Waals surface area contributed by atoms with E-state index in [4.69, 9.17) is 0 Å². The molecule has 0 aliphatic heterocycles. The summed E-state index contributed by atoms with van der Waals surface area (Å²) < 4.78 is 0. The standard InChI is InChI=1S/C16H30/c1-9-10-16(8)14(4,5)11-12(2)13(3)15(16,6)7/h9-11H2,1-8H3. The van der Waals surface area contributed by atoms with Crippen LogP contribution in [0.15, 0.2) is 11.1 Å². The van der Waals surface area contributed by atoms with Crippen molar-refractivity contribution in [3.8, 4) is 0 Å². The van der Waals surface area contributed by atoms with E-state index in [1.165, 1.54) is 19.3 Å². The van der Waals surface area contributed by atoms with Gasteiger partial charge in [0, 0.05) is 0 Å². The van der Waals surface area contributed by atoms with Gasteiger partial charge in [0.05, 0.1) is 0 Å². The third kappa shape index (κ3) is 1.65. The van der Waals surface area contributed by atoms with Crippen molar-refractivity contribution in [1.29, 1.82) is 0 Å². The molecule has 1 rings (SSSR count). The van der Waals surface area contributed by atoms with E-state index in [2.05, 4.69) is 55.4 Å². The highest BCUT2D eigenvalue weighted by Gasteiger charge is 2.53. The highest BCUT2D eigenvalue weighted by Crippen LogP contribution is 2.63. The van der Waals surface area contributed by atoms with Crippen LogP contribution in [-0.2, 0) is 0 Å². The molecular formula is C16H30. The maximum absolute atomic E-state index is 2.51. The second kappa shape index (κ2) is 3.89. The summed E-state index contributed by atoms with van der Waals surface area (Å²) in [5.41, 5.74) is 4.40. The summed E-state index contributed by atoms with van der Waals surface area (Å²) in [7, 11) is 0. The summed E-state index contributed by atoms with van der Waals surface area (Å²) in [6.07, 6.45) is 3.88. The van der Waals surface area contributed by atoms with Gasteiger partial charge in [-0.3, -0.25) is 0 Å². The van der Waals surface area contributed by atoms with Gasteiger partial charge in [-0.25, -0.2) is 0 Å². The van der Waals surface area contributed by atoms with Crippen molar-refractivity contribution < 1.29 is 0 Å². The fraction of sp³-hybridized carbons (Fsp3) is 0.875. The van der Waals surface area contributed by atoms with Gasteiger partial charge in [-0.05, 0) is 42.9 Å². The second-order valence-corrected chi connectivity index (χ2v) is 7.17. The fourth-order valence-electron chi connectivity index (χ4n) is 3.93. The first-order chi connectivity index (χ1) is 7.10. The molecule has 0 nitrogen and oxygen atoms in total. The molecule has 1 unspecified atom stereocenters. The van der Waals surface area contributed by atoms with Crippen molar-refractivity contribution in [1.82, 2.24) is 0 Å². The topological polar surface area (TPSA) is 0 Å². The van der Waals surface area contributed by atoms with Crippen LogP contribution in [0, 0.1) is 16.2 Å². The Bertz CT molecular complexity index is 304. The molecule has 0 radical (unpaired) electrons. The molecule has 1 aliphatic rings. The molecular weight excluding hydrogens is 192 g/mol. The minimum Gasteiger partial charge on any atom is -0.0733 e. The quantitative estimate of drug-likeness (QED) is 0.535. The lowest BCUT2D eigenvalue weighted by Gasteiger charge is -2.59. The van der Waals surface area contributed by atoms with Crippen LogP contribution < -0.4 is 0 Å². The molecule has 0 fully saturated rings. The van der Waals surface area contributed by atoms with Gasteiger partial charge in [0.15, 0.2) is 0 Å². The van der Waals surface area contributed by atoms with E-state index in [0.29, 0.717) is 16.2 Å². The van der Waals surface area contributed by atoms with Crippen molar-refractivity contribution in [3.63, 3.8) is 0 Å². The summed E-state index contributed by atoms with van der Waals surface area (Å²) in [4.78, 5) is 0. The van der Waals surface area contributed by atoms with Crippen LogP contribution in [0.1, 0.15) is 74.7 Å². The van der Waals surface area contributed by atoms with E-state index >= 15 is 0 Å². The Morgan fingerprint density at radius 3 is 1.94 bits per heavy atom. The number of rotatable bonds is 2. The van der Waals surface area contributed by atoms with Crippen molar-refractivity contribution in [2.45, 2.75) is 74.7 Å². The van der Waals surface area contributed by atoms with Gasteiger partial charge in [-0.15, -0.1) is 0 Å². The van der Waals surface area contributed by atoms with Crippen molar-refractivity contribution in [3.05, 3.63) is 11.1 Å². The summed E-state index contributed by atoms with van der Waals surface area (Å²) in [5.74, 6) is 0. The molecule has 1 aliphatic carbocycles. The average molecular weight is 222 g/mol. The van der Waals surface area contributed by atoms with Crippen LogP contribution >= 0.6 is 0 Å². The molecule has 0 spiro atoms. The highest BCUT2D eigenvalue weighted by molar-refractivity contribution is 5.28. The second-order valence-electron chi connectivity index (χ2n) is 7.17. The van der Waals surface area contributed by atoms with Crippen molar-refractivity contribution in [2.75, 3.05) is 0 Å². The Hall–Kier alpha value is -0.260. The first-order valence-corrected chi connectivity index (χ1v) is 6.77. The van der Waals surface area contributed by atoms with Crippen LogP contribution in [0.5, 0.6) is 0 Å². The van der Waals surface area contributed by atoms with Crippen LogP contribution in [-0.4, -0.2) is 0 Å². The largest absolute Gasteiger partial charge is 0.0733 e. The summed E-state index contributed by atoms with van der Waals surface area (Å²) >= 11 is 0. The lowest BCUT2D eigenvalue weighted by molar-refractivity contribution is -0.0366. The SMILES string of the molecule is CCCC1(C)C(C)(C)CC(C)=C(C)C1(C)C. The Morgan fingerprint density at radius 2 is 1.50 bits per heavy atom. The van der Waals surface area contributed by atoms with Gasteiger partial charge in [0.1, 0.15) is 0 Å². The Balaban J connectivity index is 3.35. The molecule has 0 heteroatoms. The summed E-state index contributed by atoms with van der Waals surface area (Å²) in [6, 6.07) is 0. The molecule has 0 bridgehead atoms. The zero-order valence-corrected chi connectivity index (χ0v) is 12.6. The molecule has 0 aromatic heterocycles. The number of hydrogen-bond acceptors (Lipinski definition) is 0. The number of allylic oxidation sites excluding steroid dienone is 2. The third-order valence-corrected chi connectivity index (χ3v) is 5.91. The first kappa shape index (κ1) is 13.8. The molecule has 16 heavy (non-hydrogen) atoms. The smallest absolute Gasteiger partial charge is 0.00859 e. The first-order valence-electron chi connectivity index (χ1n) is 6.77. The van der Waals surface area contributed by atoms with Gasteiger partial charge in [-0.2, -0.15) is 0 Å². The average Bonchev–Trinajstić information content (AvgIpc) is 2.13. The predicted molar refractivity (Wildman–Crippen MR) is 73.6 cm³/mol. The van der Waals surface area contributed by atoms with E-state index in [0.717, 1.165) is 0 Å². The van der Waals surface area contributed by atoms with Gasteiger partial charge in [0.2, 0.25) is 0 Å². The third-order valence-electron chi connectivity index (χ3n) is 5.91. The van der Waals surface area contributed by atoms with E-state index in [1.807, 2.05) is 0 Å². The predicted octanol–water partition coefficient (Wildman–Crippen LogP) is 5.59. The van der Waals surface area contributed by atoms with Gasteiger partial charge in [0.25, 0.3) is 0 Å². The minimum absolute atomic E-state index is 0.328. The van der Waals surface area contributed by atoms with Gasteiger partial charge >= 0.3 is 0 Å². The molecule has 0 amide bonds. The Kier molecular flexibility index (Phi) is 3.36. The molecule has 0 saturated carbocycles. The van der Waals surface area contributed by atoms with E-state index in [9.17, 15) is 0 Å². The maximum atomic E-state index is 2.51. The summed E-state index contributed by atoms with van der Waals surface area (Å²) in [6.45, 7) is 19.3. The van der Waals surface area contributed by atoms with Gasteiger partial charge in [-0.1, -0.05) is 59.1 Å². The molecule has 0 aromatic carbocycles. The van der Waals surface area contributed by atoms with Crippen molar-refractivity contribution >= 4 is 0 Å². The van der Waals surface area contributed by atoms with Crippen molar-refractivity contribution in [2.24, 2.45) is 16.2 Å². The molecule has 0 saturated heterocycles. The Labute approximate surface area is 103 Å². The Morgan fingerprint density at radius 1 is 1.00 bits per heavy atom. The number of hydrogen-bond donors (Lipinski definition) is 0. The van der Waals surface area contributed by atoms with Gasteiger partial charge < -0.3 is 0 Å². The van der Waals surface area contributed by atoms with Crippen LogP contribution in [0.2, 0.25) is 0 Å². The highest BCUT2D eigenvalue weighted by atomic mass is 14.6. The van der Waals surface area contributed by atoms with Crippen LogP contribution in [0.25, 0.3) is 0 Å². The van der Waals surface area contributed by atoms with E-state index in [1.54, 1.807) is 11.1 Å². The molecule has 0 heterocycles. The lowest BCUT2D eigenvalue weighted by atomic mass is 9.45. The molecule has 0 N–H and O–H groups in total. The maximum Gasteiger partial charge on any atom is -0.00859 e. The normalized spacial score (nSPS) is 33.0. The zero-order chi connectivity index (χ0) is 12.8. The van der Waals surface area contributed by atoms with Crippen LogP contribution in [0.3, 0.4) is 0 Å². The monoisotopic (exact) mass is 222 g/mol. The molecule has 1 atom stereocenters. The van der Waals surface area contributed by atoms with Crippen LogP contribution in [0.4, 0.5) is 0 Å². The van der Waals surface area contributed by atoms with E-state index in [-0.39, 0.29) is 0 Å². The fourth-order valence-corrected chi connectivity index (χ4v) is 3.93. The van der Waals surface area contributed by atoms with E-state index < -0.39 is 0 Å². The molecule has 0 aromatic rings. The lowest BCUT2D eigenvalue weighted by Crippen LogP contribution is -2.50. The minimum atomic E-state index is 0.328. The zero-order valence-electron chi connectivity index (χ0n) is 12.6.